The number of rotatable bonds is 9. The smallest absolute Gasteiger partial charge is 0.270 e. The first kappa shape index (κ1) is 24.2. The topological polar surface area (TPSA) is 74.6 Å². The van der Waals surface area contributed by atoms with Gasteiger partial charge in [0.05, 0.1) is 0 Å². The highest BCUT2D eigenvalue weighted by Gasteiger charge is 2.49. The third kappa shape index (κ3) is 5.42. The molecule has 0 radical (unpaired) electrons. The molecule has 4 rings (SSSR count). The number of benzene rings is 1. The van der Waals surface area contributed by atoms with E-state index in [1.165, 1.54) is 0 Å². The zero-order chi connectivity index (χ0) is 23.8. The lowest BCUT2D eigenvalue weighted by molar-refractivity contribution is 0.0698. The molecule has 0 spiro atoms. The molecule has 1 aliphatic carbocycles. The average Bonchev–Trinajstić information content (AvgIpc) is 3.40. The number of nitrogens with zero attached hydrogens (tertiary/aromatic N) is 2. The third-order valence-electron chi connectivity index (χ3n) is 6.46. The second-order valence-corrected chi connectivity index (χ2v) is 12.4. The predicted molar refractivity (Wildman–Crippen MR) is 133 cm³/mol. The largest absolute Gasteiger partial charge is 0.396 e. The Balaban J connectivity index is 1.44. The molecule has 2 N–H and O–H groups in total. The summed E-state index contributed by atoms with van der Waals surface area (Å²) in [6.45, 7) is 8.72. The van der Waals surface area contributed by atoms with Gasteiger partial charge in [-0.05, 0) is 55.5 Å². The van der Waals surface area contributed by atoms with E-state index in [0.717, 1.165) is 30.4 Å². The summed E-state index contributed by atoms with van der Waals surface area (Å²) in [5.74, 6) is -0.178. The minimum absolute atomic E-state index is 0.00217. The van der Waals surface area contributed by atoms with E-state index in [2.05, 4.69) is 19.2 Å². The van der Waals surface area contributed by atoms with Crippen molar-refractivity contribution in [1.29, 1.82) is 0 Å². The maximum atomic E-state index is 13.4. The first-order valence-electron chi connectivity index (χ1n) is 11.5. The summed E-state index contributed by atoms with van der Waals surface area (Å²) < 4.78 is 1.93. The van der Waals surface area contributed by atoms with E-state index < -0.39 is 0 Å². The molecule has 6 nitrogen and oxygen atoms in total. The molecule has 0 bridgehead atoms. The number of amides is 2. The normalized spacial score (nSPS) is 17.1. The van der Waals surface area contributed by atoms with E-state index in [1.807, 2.05) is 46.4 Å². The van der Waals surface area contributed by atoms with Crippen molar-refractivity contribution in [3.05, 3.63) is 57.9 Å². The van der Waals surface area contributed by atoms with Gasteiger partial charge < -0.3 is 19.9 Å². The highest BCUT2D eigenvalue weighted by molar-refractivity contribution is 8.02. The molecule has 1 aromatic carbocycles. The third-order valence-corrected chi connectivity index (χ3v) is 8.44. The van der Waals surface area contributed by atoms with Crippen LogP contribution in [0.1, 0.15) is 65.2 Å². The number of aliphatic hydroxyl groups excluding tert-OH is 1. The number of aromatic nitrogens is 1. The number of carbonyl (C=O) groups is 2. The summed E-state index contributed by atoms with van der Waals surface area (Å²) in [7, 11) is 0. The second kappa shape index (κ2) is 9.35. The molecule has 2 heterocycles. The molecule has 2 aromatic rings. The molecule has 1 aliphatic heterocycles. The Morgan fingerprint density at radius 2 is 1.94 bits per heavy atom. The average molecular weight is 490 g/mol. The summed E-state index contributed by atoms with van der Waals surface area (Å²) in [6, 6.07) is 9.19. The molecular weight excluding hydrogens is 458 g/mol. The van der Waals surface area contributed by atoms with Gasteiger partial charge in [0, 0.05) is 47.3 Å². The van der Waals surface area contributed by atoms with Crippen LogP contribution >= 0.6 is 23.4 Å². The van der Waals surface area contributed by atoms with Crippen molar-refractivity contribution in [2.24, 2.45) is 0 Å². The number of thioether (sulfide) groups is 1. The van der Waals surface area contributed by atoms with Gasteiger partial charge in [0.15, 0.2) is 0 Å². The van der Waals surface area contributed by atoms with Gasteiger partial charge in [0.2, 0.25) is 0 Å². The Hall–Kier alpha value is -1.96. The zero-order valence-electron chi connectivity index (χ0n) is 19.5. The van der Waals surface area contributed by atoms with Crippen LogP contribution in [0.4, 0.5) is 0 Å². The Bertz CT molecular complexity index is 1040. The van der Waals surface area contributed by atoms with Gasteiger partial charge in [-0.2, -0.15) is 0 Å². The number of fused-ring (bicyclic) bond motifs is 1. The molecule has 0 atom stereocenters. The van der Waals surface area contributed by atoms with E-state index in [0.29, 0.717) is 42.6 Å². The van der Waals surface area contributed by atoms with Gasteiger partial charge in [-0.25, -0.2) is 0 Å². The van der Waals surface area contributed by atoms with Crippen molar-refractivity contribution < 1.29 is 14.7 Å². The highest BCUT2D eigenvalue weighted by atomic mass is 35.5. The van der Waals surface area contributed by atoms with Crippen LogP contribution in [-0.4, -0.2) is 55.6 Å². The summed E-state index contributed by atoms with van der Waals surface area (Å²) in [6.07, 6.45) is 2.92. The Morgan fingerprint density at radius 1 is 1.24 bits per heavy atom. The number of aryl methyl sites for hydroxylation is 1. The van der Waals surface area contributed by atoms with E-state index in [9.17, 15) is 14.7 Å². The van der Waals surface area contributed by atoms with Gasteiger partial charge in [0.1, 0.15) is 11.4 Å². The lowest BCUT2D eigenvalue weighted by atomic mass is 10.1. The quantitative estimate of drug-likeness (QED) is 0.551. The van der Waals surface area contributed by atoms with Crippen LogP contribution in [-0.2, 0) is 13.1 Å². The van der Waals surface area contributed by atoms with Crippen LogP contribution < -0.4 is 5.32 Å². The van der Waals surface area contributed by atoms with Crippen molar-refractivity contribution >= 4 is 35.2 Å². The number of hydrogen-bond donors (Lipinski definition) is 2. The minimum Gasteiger partial charge on any atom is -0.396 e. The molecule has 2 amide bonds. The van der Waals surface area contributed by atoms with Crippen molar-refractivity contribution in [1.82, 2.24) is 14.8 Å². The fourth-order valence-corrected chi connectivity index (χ4v) is 6.59. The number of hydrogen-bond acceptors (Lipinski definition) is 4. The Kier molecular flexibility index (Phi) is 6.85. The summed E-state index contributed by atoms with van der Waals surface area (Å²) in [4.78, 5) is 28.3. The van der Waals surface area contributed by atoms with Crippen LogP contribution in [0.15, 0.2) is 30.3 Å². The molecule has 2 aliphatic rings. The summed E-state index contributed by atoms with van der Waals surface area (Å²) in [5, 5.41) is 13.0. The van der Waals surface area contributed by atoms with Crippen LogP contribution in [0.25, 0.3) is 0 Å². The SMILES string of the molecule is Cc1cc(C(=O)NCc2ccc(Cl)cc2)n2c1C(=O)N(CC1(SC(C)(C)CCO)CC1)CC2. The standard InChI is InChI=1S/C25H32ClN3O3S/c1-17-14-20(22(31)27-15-18-4-6-19(26)7-5-18)29-12-11-28(23(32)21(17)29)16-25(8-9-25)33-24(2,3)10-13-30/h4-7,14,30H,8-13,15-16H2,1-3H3,(H,27,31). The number of carbonyl (C=O) groups excluding carboxylic acids is 2. The van der Waals surface area contributed by atoms with Crippen molar-refractivity contribution in [3.8, 4) is 0 Å². The molecule has 0 unspecified atom stereocenters. The lowest BCUT2D eigenvalue weighted by Crippen LogP contribution is -2.45. The summed E-state index contributed by atoms with van der Waals surface area (Å²) >= 11 is 7.83. The van der Waals surface area contributed by atoms with E-state index in [4.69, 9.17) is 11.6 Å². The molecule has 1 aromatic heterocycles. The highest BCUT2D eigenvalue weighted by Crippen LogP contribution is 2.54. The fourth-order valence-electron chi connectivity index (χ4n) is 4.57. The van der Waals surface area contributed by atoms with Crippen LogP contribution in [0.2, 0.25) is 5.02 Å². The first-order valence-corrected chi connectivity index (χ1v) is 12.7. The van der Waals surface area contributed by atoms with E-state index >= 15 is 0 Å². The number of nitrogens with one attached hydrogen (secondary N) is 1. The van der Waals surface area contributed by atoms with Crippen LogP contribution in [0.3, 0.4) is 0 Å². The van der Waals surface area contributed by atoms with Crippen LogP contribution in [0.5, 0.6) is 0 Å². The van der Waals surface area contributed by atoms with Gasteiger partial charge >= 0.3 is 0 Å². The van der Waals surface area contributed by atoms with Crippen molar-refractivity contribution in [3.63, 3.8) is 0 Å². The monoisotopic (exact) mass is 489 g/mol. The molecule has 1 fully saturated rings. The summed E-state index contributed by atoms with van der Waals surface area (Å²) in [5.41, 5.74) is 2.95. The van der Waals surface area contributed by atoms with Gasteiger partial charge in [-0.3, -0.25) is 9.59 Å². The maximum absolute atomic E-state index is 13.4. The maximum Gasteiger partial charge on any atom is 0.270 e. The molecule has 0 saturated heterocycles. The number of halogens is 1. The molecule has 178 valence electrons. The van der Waals surface area contributed by atoms with E-state index in [1.54, 1.807) is 12.1 Å². The zero-order valence-corrected chi connectivity index (χ0v) is 21.1. The molecular formula is C25H32ClN3O3S. The van der Waals surface area contributed by atoms with E-state index in [-0.39, 0.29) is 27.9 Å². The van der Waals surface area contributed by atoms with Crippen LogP contribution in [0, 0.1) is 6.92 Å². The van der Waals surface area contributed by atoms with Crippen molar-refractivity contribution in [2.45, 2.75) is 62.6 Å². The first-order chi connectivity index (χ1) is 15.6. The van der Waals surface area contributed by atoms with Gasteiger partial charge in [0.25, 0.3) is 11.8 Å². The predicted octanol–water partition coefficient (Wildman–Crippen LogP) is 4.26. The molecule has 33 heavy (non-hydrogen) atoms. The lowest BCUT2D eigenvalue weighted by Gasteiger charge is -2.35. The minimum atomic E-state index is -0.180. The van der Waals surface area contributed by atoms with Crippen molar-refractivity contribution in [2.75, 3.05) is 19.7 Å². The number of aliphatic hydroxyl groups is 1. The fraction of sp³-hybridized carbons (Fsp3) is 0.520. The van der Waals surface area contributed by atoms with Gasteiger partial charge in [-0.1, -0.05) is 37.6 Å². The Morgan fingerprint density at radius 3 is 2.58 bits per heavy atom. The van der Waals surface area contributed by atoms with Gasteiger partial charge in [-0.15, -0.1) is 11.8 Å². The second-order valence-electron chi connectivity index (χ2n) is 9.77. The molecule has 1 saturated carbocycles. The molecule has 8 heteroatoms. The Labute approximate surface area is 204 Å².